The Labute approximate surface area is 211 Å². The standard InChI is InChI=1S/C26H30N4O5S/c1-17(2)14-20-9-11-21(12-10-20)23-22(8-7-13-27-23)36(32,33)30(26(31)35-16-18(3)4)24-25(34-6)29-19(5)15-28-24/h7-13,15,18H,1,14,16H2,2-6H3. The van der Waals surface area contributed by atoms with Crippen molar-refractivity contribution in [2.24, 2.45) is 5.92 Å². The molecule has 3 aromatic rings. The number of nitrogens with zero attached hydrogens (tertiary/aromatic N) is 4. The van der Waals surface area contributed by atoms with Gasteiger partial charge in [-0.2, -0.15) is 0 Å². The molecule has 0 aliphatic heterocycles. The summed E-state index contributed by atoms with van der Waals surface area (Å²) in [5.41, 5.74) is 3.27. The average molecular weight is 511 g/mol. The molecule has 0 saturated carbocycles. The first-order chi connectivity index (χ1) is 17.0. The maximum absolute atomic E-state index is 14.0. The molecule has 0 aliphatic carbocycles. The van der Waals surface area contributed by atoms with E-state index in [0.717, 1.165) is 11.1 Å². The number of benzene rings is 1. The fraction of sp³-hybridized carbons (Fsp3) is 0.308. The van der Waals surface area contributed by atoms with Gasteiger partial charge in [-0.15, -0.1) is 4.31 Å². The quantitative estimate of drug-likeness (QED) is 0.371. The lowest BCUT2D eigenvalue weighted by Crippen LogP contribution is -2.39. The van der Waals surface area contributed by atoms with Crippen molar-refractivity contribution < 1.29 is 22.7 Å². The Balaban J connectivity index is 2.16. The third-order valence-corrected chi connectivity index (χ3v) is 6.64. The minimum Gasteiger partial charge on any atom is -0.478 e. The van der Waals surface area contributed by atoms with Gasteiger partial charge in [0.2, 0.25) is 5.82 Å². The zero-order chi connectivity index (χ0) is 26.5. The number of carbonyl (C=O) groups is 1. The summed E-state index contributed by atoms with van der Waals surface area (Å²) in [7, 11) is -3.24. The summed E-state index contributed by atoms with van der Waals surface area (Å²) in [5.74, 6) is -0.450. The maximum Gasteiger partial charge on any atom is 0.430 e. The number of aromatic nitrogens is 3. The van der Waals surface area contributed by atoms with Gasteiger partial charge in [-0.05, 0) is 43.9 Å². The molecule has 36 heavy (non-hydrogen) atoms. The van der Waals surface area contributed by atoms with E-state index in [9.17, 15) is 13.2 Å². The molecule has 0 aliphatic rings. The number of anilines is 1. The van der Waals surface area contributed by atoms with Gasteiger partial charge in [-0.1, -0.05) is 50.3 Å². The number of carbonyl (C=O) groups excluding carboxylic acids is 1. The van der Waals surface area contributed by atoms with Crippen LogP contribution < -0.4 is 9.04 Å². The predicted octanol–water partition coefficient (Wildman–Crippen LogP) is 4.96. The molecule has 190 valence electrons. The highest BCUT2D eigenvalue weighted by atomic mass is 32.2. The van der Waals surface area contributed by atoms with Crippen LogP contribution in [0.15, 0.2) is 65.8 Å². The SMILES string of the molecule is C=C(C)Cc1ccc(-c2ncccc2S(=O)(=O)N(C(=O)OCC(C)C)c2ncc(C)nc2OC)cc1. The van der Waals surface area contributed by atoms with Gasteiger partial charge in [-0.3, -0.25) is 4.98 Å². The van der Waals surface area contributed by atoms with Crippen LogP contribution in [0.25, 0.3) is 11.3 Å². The molecule has 0 bridgehead atoms. The molecule has 0 spiro atoms. The van der Waals surface area contributed by atoms with E-state index in [2.05, 4.69) is 21.5 Å². The topological polar surface area (TPSA) is 112 Å². The number of aryl methyl sites for hydroxylation is 1. The van der Waals surface area contributed by atoms with Crippen LogP contribution in [0.2, 0.25) is 0 Å². The van der Waals surface area contributed by atoms with Gasteiger partial charge in [0.05, 0.1) is 31.3 Å². The summed E-state index contributed by atoms with van der Waals surface area (Å²) in [4.78, 5) is 25.7. The van der Waals surface area contributed by atoms with Gasteiger partial charge >= 0.3 is 6.09 Å². The highest BCUT2D eigenvalue weighted by molar-refractivity contribution is 7.93. The molecule has 0 atom stereocenters. The van der Waals surface area contributed by atoms with Gasteiger partial charge in [0.1, 0.15) is 4.90 Å². The third-order valence-electron chi connectivity index (χ3n) is 4.96. The van der Waals surface area contributed by atoms with Gasteiger partial charge in [0.25, 0.3) is 15.9 Å². The van der Waals surface area contributed by atoms with E-state index in [4.69, 9.17) is 9.47 Å². The molecule has 0 saturated heterocycles. The Kier molecular flexibility index (Phi) is 8.41. The molecule has 10 heteroatoms. The molecular formula is C26H30N4O5S. The van der Waals surface area contributed by atoms with E-state index in [1.165, 1.54) is 31.6 Å². The molecule has 0 radical (unpaired) electrons. The maximum atomic E-state index is 14.0. The molecular weight excluding hydrogens is 480 g/mol. The molecule has 2 heterocycles. The van der Waals surface area contributed by atoms with Crippen molar-refractivity contribution in [1.29, 1.82) is 0 Å². The molecule has 0 N–H and O–H groups in total. The summed E-state index contributed by atoms with van der Waals surface area (Å²) < 4.78 is 39.1. The van der Waals surface area contributed by atoms with Crippen LogP contribution in [0.5, 0.6) is 5.88 Å². The van der Waals surface area contributed by atoms with Gasteiger partial charge in [0.15, 0.2) is 0 Å². The highest BCUT2D eigenvalue weighted by Gasteiger charge is 2.38. The number of amides is 1. The number of ether oxygens (including phenoxy) is 2. The minimum atomic E-state index is -4.55. The van der Waals surface area contributed by atoms with Crippen molar-refractivity contribution in [3.63, 3.8) is 0 Å². The van der Waals surface area contributed by atoms with Crippen molar-refractivity contribution in [2.75, 3.05) is 18.0 Å². The minimum absolute atomic E-state index is 0.0105. The Morgan fingerprint density at radius 2 is 1.83 bits per heavy atom. The summed E-state index contributed by atoms with van der Waals surface area (Å²) >= 11 is 0. The molecule has 0 fully saturated rings. The fourth-order valence-electron chi connectivity index (χ4n) is 3.36. The number of methoxy groups -OCH3 is 1. The van der Waals surface area contributed by atoms with Gasteiger partial charge < -0.3 is 9.47 Å². The first-order valence-corrected chi connectivity index (χ1v) is 12.8. The molecule has 1 amide bonds. The molecule has 3 rings (SSSR count). The second kappa shape index (κ2) is 11.3. The van der Waals surface area contributed by atoms with Crippen LogP contribution in [0.1, 0.15) is 32.0 Å². The normalized spacial score (nSPS) is 11.3. The van der Waals surface area contributed by atoms with E-state index in [1.54, 1.807) is 19.1 Å². The Hall–Kier alpha value is -3.79. The number of pyridine rings is 1. The van der Waals surface area contributed by atoms with Crippen molar-refractivity contribution in [3.05, 3.63) is 72.2 Å². The van der Waals surface area contributed by atoms with E-state index in [1.807, 2.05) is 32.9 Å². The van der Waals surface area contributed by atoms with E-state index >= 15 is 0 Å². The Bertz CT molecular complexity index is 1360. The first kappa shape index (κ1) is 26.8. The summed E-state index contributed by atoms with van der Waals surface area (Å²) in [5, 5.41) is 0. The second-order valence-corrected chi connectivity index (χ2v) is 10.5. The first-order valence-electron chi connectivity index (χ1n) is 11.3. The zero-order valence-corrected chi connectivity index (χ0v) is 21.9. The van der Waals surface area contributed by atoms with Crippen LogP contribution in [0.3, 0.4) is 0 Å². The van der Waals surface area contributed by atoms with E-state index in [-0.39, 0.29) is 34.8 Å². The van der Waals surface area contributed by atoms with Gasteiger partial charge in [-0.25, -0.2) is 23.2 Å². The number of rotatable bonds is 9. The summed E-state index contributed by atoms with van der Waals surface area (Å²) in [6, 6.07) is 10.2. The number of sulfonamides is 1. The zero-order valence-electron chi connectivity index (χ0n) is 21.1. The Morgan fingerprint density at radius 3 is 2.44 bits per heavy atom. The summed E-state index contributed by atoms with van der Waals surface area (Å²) in [6.45, 7) is 11.2. The highest BCUT2D eigenvalue weighted by Crippen LogP contribution is 2.33. The second-order valence-electron chi connectivity index (χ2n) is 8.77. The molecule has 2 aromatic heterocycles. The van der Waals surface area contributed by atoms with E-state index < -0.39 is 16.1 Å². The van der Waals surface area contributed by atoms with Crippen molar-refractivity contribution in [2.45, 2.75) is 39.0 Å². The summed E-state index contributed by atoms with van der Waals surface area (Å²) in [6.07, 6.45) is 2.42. The lowest BCUT2D eigenvalue weighted by molar-refractivity contribution is 0.143. The van der Waals surface area contributed by atoms with Crippen LogP contribution in [0, 0.1) is 12.8 Å². The van der Waals surface area contributed by atoms with Crippen LogP contribution in [-0.2, 0) is 21.2 Å². The largest absolute Gasteiger partial charge is 0.478 e. The van der Waals surface area contributed by atoms with Crippen molar-refractivity contribution in [3.8, 4) is 17.1 Å². The third kappa shape index (κ3) is 6.06. The van der Waals surface area contributed by atoms with Crippen molar-refractivity contribution in [1.82, 2.24) is 15.0 Å². The lowest BCUT2D eigenvalue weighted by atomic mass is 10.0. The lowest BCUT2D eigenvalue weighted by Gasteiger charge is -2.23. The molecule has 9 nitrogen and oxygen atoms in total. The average Bonchev–Trinajstić information content (AvgIpc) is 2.83. The van der Waals surface area contributed by atoms with Crippen LogP contribution in [0.4, 0.5) is 10.6 Å². The number of hydrogen-bond donors (Lipinski definition) is 0. The fourth-order valence-corrected chi connectivity index (χ4v) is 4.83. The number of hydrogen-bond acceptors (Lipinski definition) is 8. The molecule has 0 unspecified atom stereocenters. The van der Waals surface area contributed by atoms with Crippen LogP contribution in [-0.4, -0.2) is 43.2 Å². The monoisotopic (exact) mass is 510 g/mol. The van der Waals surface area contributed by atoms with Crippen molar-refractivity contribution >= 4 is 21.9 Å². The molecule has 1 aromatic carbocycles. The van der Waals surface area contributed by atoms with E-state index in [0.29, 0.717) is 22.0 Å². The van der Waals surface area contributed by atoms with Crippen LogP contribution >= 0.6 is 0 Å². The smallest absolute Gasteiger partial charge is 0.430 e. The predicted molar refractivity (Wildman–Crippen MR) is 137 cm³/mol. The van der Waals surface area contributed by atoms with Gasteiger partial charge in [0, 0.05) is 11.8 Å². The Morgan fingerprint density at radius 1 is 1.14 bits per heavy atom. The number of allylic oxidation sites excluding steroid dienone is 1.